The van der Waals surface area contributed by atoms with E-state index in [-0.39, 0.29) is 11.8 Å². The van der Waals surface area contributed by atoms with Gasteiger partial charge in [-0.05, 0) is 126 Å². The minimum absolute atomic E-state index is 0.0573. The van der Waals surface area contributed by atoms with Crippen LogP contribution in [0.1, 0.15) is 120 Å². The quantitative estimate of drug-likeness (QED) is 0.112. The Labute approximate surface area is 407 Å². The molecule has 2 aliphatic carbocycles. The summed E-state index contributed by atoms with van der Waals surface area (Å²) in [5, 5.41) is 15.6. The van der Waals surface area contributed by atoms with Crippen LogP contribution in [0.4, 0.5) is 0 Å². The van der Waals surface area contributed by atoms with Gasteiger partial charge in [0.25, 0.3) is 0 Å². The van der Waals surface area contributed by atoms with Crippen LogP contribution in [-0.2, 0) is 0 Å². The van der Waals surface area contributed by atoms with Crippen LogP contribution in [0.3, 0.4) is 0 Å². The van der Waals surface area contributed by atoms with Gasteiger partial charge in [-0.1, -0.05) is 208 Å². The molecule has 2 aromatic heterocycles. The molecule has 0 bridgehead atoms. The molecule has 2 heterocycles. The Hall–Kier alpha value is -7.68. The summed E-state index contributed by atoms with van der Waals surface area (Å²) in [5.41, 5.74) is 14.6. The van der Waals surface area contributed by atoms with Gasteiger partial charge in [0.05, 0.1) is 0 Å². The first-order valence-corrected chi connectivity index (χ1v) is 25.9. The maximum absolute atomic E-state index is 7.02. The number of hydrogen-bond donors (Lipinski definition) is 0. The van der Waals surface area contributed by atoms with E-state index in [1.165, 1.54) is 155 Å². The SMILES string of the molecule is c1ccc(C(c2cc(C3CCCC3)c3ccc4c(C(c5cccc6ccccc56)c5cccc6c5oc5ccccc56)cc(C5CCCC5)c5ccc2c3c54)c2cccc3c2oc2ccccc23)cc1. The predicted molar refractivity (Wildman–Crippen MR) is 292 cm³/mol. The normalized spacial score (nSPS) is 15.9. The van der Waals surface area contributed by atoms with Crippen LogP contribution in [0.15, 0.2) is 203 Å². The monoisotopic (exact) mass is 900 g/mol. The van der Waals surface area contributed by atoms with Crippen LogP contribution < -0.4 is 0 Å². The number of benzene rings is 11. The number of rotatable bonds is 8. The molecular formula is C68H52O2. The lowest BCUT2D eigenvalue weighted by Gasteiger charge is -2.29. The first-order chi connectivity index (χ1) is 34.7. The van der Waals surface area contributed by atoms with Crippen molar-refractivity contribution in [3.05, 3.63) is 239 Å². The van der Waals surface area contributed by atoms with Gasteiger partial charge in [-0.2, -0.15) is 0 Å². The molecule has 2 saturated carbocycles. The molecule has 13 aromatic rings. The van der Waals surface area contributed by atoms with Crippen LogP contribution in [-0.4, -0.2) is 0 Å². The second kappa shape index (κ2) is 15.9. The highest BCUT2D eigenvalue weighted by atomic mass is 16.3. The zero-order valence-corrected chi connectivity index (χ0v) is 39.3. The largest absolute Gasteiger partial charge is 0.456 e. The third-order valence-corrected chi connectivity index (χ3v) is 17.0. The molecular weight excluding hydrogens is 849 g/mol. The molecule has 11 aromatic carbocycles. The van der Waals surface area contributed by atoms with E-state index in [9.17, 15) is 0 Å². The maximum atomic E-state index is 7.02. The van der Waals surface area contributed by atoms with Crippen molar-refractivity contribution in [2.24, 2.45) is 0 Å². The fraction of sp³-hybridized carbons (Fsp3) is 0.176. The summed E-state index contributed by atoms with van der Waals surface area (Å²) in [6, 6.07) is 73.4. The zero-order valence-electron chi connectivity index (χ0n) is 39.3. The summed E-state index contributed by atoms with van der Waals surface area (Å²) >= 11 is 0. The standard InChI is InChI=1S/C68H52O2/c1-2-22-44(23-3-1)63(55-31-15-29-53-46-26-10-12-33-61(46)69-67(53)55)59-39-57(42-18-4-5-19-42)49-36-38-52-60(40-58(43-20-6-7-21-43)50-35-37-51(59)65(49)66(50)52)64(48-28-14-24-41-17-8-9-25-45(41)48)56-32-16-30-54-47-27-11-13-34-62(47)70-68(54)56/h1-3,8-17,22-40,42-43,63-64H,4-7,18-21H2. The number of para-hydroxylation sites is 4. The highest BCUT2D eigenvalue weighted by Crippen LogP contribution is 2.53. The van der Waals surface area contributed by atoms with E-state index in [0.717, 1.165) is 27.7 Å². The van der Waals surface area contributed by atoms with Crippen molar-refractivity contribution < 1.29 is 8.83 Å². The third-order valence-electron chi connectivity index (χ3n) is 17.0. The van der Waals surface area contributed by atoms with Crippen LogP contribution in [0.2, 0.25) is 0 Å². The second-order valence-corrected chi connectivity index (χ2v) is 20.6. The van der Waals surface area contributed by atoms with Gasteiger partial charge < -0.3 is 8.83 Å². The number of hydrogen-bond acceptors (Lipinski definition) is 2. The molecule has 0 radical (unpaired) electrons. The van der Waals surface area contributed by atoms with Crippen molar-refractivity contribution in [2.45, 2.75) is 75.0 Å². The van der Waals surface area contributed by atoms with Gasteiger partial charge in [0.1, 0.15) is 22.3 Å². The van der Waals surface area contributed by atoms with Crippen LogP contribution in [0, 0.1) is 0 Å². The Kier molecular flexibility index (Phi) is 9.16. The molecule has 2 heteroatoms. The van der Waals surface area contributed by atoms with Gasteiger partial charge in [0.2, 0.25) is 0 Å². The molecule has 336 valence electrons. The van der Waals surface area contributed by atoms with Crippen molar-refractivity contribution >= 4 is 87.0 Å². The lowest BCUT2D eigenvalue weighted by molar-refractivity contribution is 0.661. The van der Waals surface area contributed by atoms with Crippen LogP contribution in [0.25, 0.3) is 87.0 Å². The number of furan rings is 2. The minimum Gasteiger partial charge on any atom is -0.456 e. The first kappa shape index (κ1) is 40.2. The summed E-state index contributed by atoms with van der Waals surface area (Å²) in [7, 11) is 0. The predicted octanol–water partition coefficient (Wildman–Crippen LogP) is 19.2. The summed E-state index contributed by atoms with van der Waals surface area (Å²) in [5.74, 6) is 0.842. The Morgan fingerprint density at radius 1 is 0.314 bits per heavy atom. The van der Waals surface area contributed by atoms with Crippen molar-refractivity contribution in [1.82, 2.24) is 0 Å². The Morgan fingerprint density at radius 3 is 1.33 bits per heavy atom. The third kappa shape index (κ3) is 6.05. The van der Waals surface area contributed by atoms with E-state index < -0.39 is 0 Å². The average Bonchev–Trinajstić information content (AvgIpc) is 4.27. The van der Waals surface area contributed by atoms with Gasteiger partial charge in [0.15, 0.2) is 0 Å². The topological polar surface area (TPSA) is 26.3 Å². The Morgan fingerprint density at radius 2 is 0.743 bits per heavy atom. The van der Waals surface area contributed by atoms with Crippen LogP contribution in [0.5, 0.6) is 0 Å². The maximum Gasteiger partial charge on any atom is 0.139 e. The highest BCUT2D eigenvalue weighted by molar-refractivity contribution is 6.26. The van der Waals surface area contributed by atoms with E-state index in [1.807, 2.05) is 0 Å². The fourth-order valence-corrected chi connectivity index (χ4v) is 13.9. The van der Waals surface area contributed by atoms with Crippen LogP contribution >= 0.6 is 0 Å². The number of fused-ring (bicyclic) bond motifs is 7. The molecule has 0 aliphatic heterocycles. The van der Waals surface area contributed by atoms with Crippen molar-refractivity contribution in [2.75, 3.05) is 0 Å². The van der Waals surface area contributed by atoms with Gasteiger partial charge in [-0.25, -0.2) is 0 Å². The van der Waals surface area contributed by atoms with Crippen molar-refractivity contribution in [3.8, 4) is 0 Å². The molecule has 15 rings (SSSR count). The van der Waals surface area contributed by atoms with E-state index in [0.29, 0.717) is 11.8 Å². The lowest BCUT2D eigenvalue weighted by atomic mass is 9.74. The Balaban J connectivity index is 1.09. The molecule has 2 aliphatic rings. The molecule has 2 nitrogen and oxygen atoms in total. The molecule has 0 spiro atoms. The zero-order chi connectivity index (χ0) is 45.9. The first-order valence-electron chi connectivity index (χ1n) is 25.9. The molecule has 70 heavy (non-hydrogen) atoms. The van der Waals surface area contributed by atoms with E-state index in [4.69, 9.17) is 8.83 Å². The molecule has 2 fully saturated rings. The van der Waals surface area contributed by atoms with E-state index in [1.54, 1.807) is 0 Å². The van der Waals surface area contributed by atoms with Gasteiger partial charge in [-0.15, -0.1) is 0 Å². The van der Waals surface area contributed by atoms with Gasteiger partial charge >= 0.3 is 0 Å². The molecule has 0 N–H and O–H groups in total. The summed E-state index contributed by atoms with van der Waals surface area (Å²) in [6.45, 7) is 0. The molecule has 2 atom stereocenters. The Bertz CT molecular complexity index is 4150. The molecule has 0 amide bonds. The molecule has 2 unspecified atom stereocenters. The minimum atomic E-state index is -0.100. The van der Waals surface area contributed by atoms with Crippen molar-refractivity contribution in [3.63, 3.8) is 0 Å². The van der Waals surface area contributed by atoms with E-state index >= 15 is 0 Å². The summed E-state index contributed by atoms with van der Waals surface area (Å²) in [4.78, 5) is 0. The van der Waals surface area contributed by atoms with E-state index in [2.05, 4.69) is 194 Å². The highest BCUT2D eigenvalue weighted by Gasteiger charge is 2.33. The smallest absolute Gasteiger partial charge is 0.139 e. The summed E-state index contributed by atoms with van der Waals surface area (Å²) < 4.78 is 13.9. The van der Waals surface area contributed by atoms with Gasteiger partial charge in [0, 0.05) is 44.5 Å². The summed E-state index contributed by atoms with van der Waals surface area (Å²) in [6.07, 6.45) is 9.99. The fourth-order valence-electron chi connectivity index (χ4n) is 13.9. The lowest BCUT2D eigenvalue weighted by Crippen LogP contribution is -2.10. The second-order valence-electron chi connectivity index (χ2n) is 20.6. The average molecular weight is 901 g/mol. The van der Waals surface area contributed by atoms with Gasteiger partial charge in [-0.3, -0.25) is 0 Å². The van der Waals surface area contributed by atoms with Crippen molar-refractivity contribution in [1.29, 1.82) is 0 Å². The molecule has 0 saturated heterocycles.